The number of benzene rings is 2. The maximum atomic E-state index is 12.9. The highest BCUT2D eigenvalue weighted by atomic mass is 19.1. The van der Waals surface area contributed by atoms with Gasteiger partial charge in [0.25, 0.3) is 0 Å². The summed E-state index contributed by atoms with van der Waals surface area (Å²) in [5.74, 6) is -0.373. The number of hydrogen-bond acceptors (Lipinski definition) is 1. The lowest BCUT2D eigenvalue weighted by Gasteiger charge is -2.24. The molecule has 2 aromatic rings. The number of rotatable bonds is 4. The van der Waals surface area contributed by atoms with Crippen LogP contribution in [0.3, 0.4) is 0 Å². The summed E-state index contributed by atoms with van der Waals surface area (Å²) in [5, 5.41) is 2.92. The van der Waals surface area contributed by atoms with Crippen molar-refractivity contribution < 1.29 is 9.18 Å². The van der Waals surface area contributed by atoms with Gasteiger partial charge in [0.2, 0.25) is 5.91 Å². The van der Waals surface area contributed by atoms with Crippen molar-refractivity contribution in [2.75, 3.05) is 0 Å². The van der Waals surface area contributed by atoms with Crippen LogP contribution in [-0.2, 0) is 16.8 Å². The van der Waals surface area contributed by atoms with E-state index in [2.05, 4.69) is 5.32 Å². The van der Waals surface area contributed by atoms with Gasteiger partial charge in [-0.15, -0.1) is 0 Å². The predicted octanol–water partition coefficient (Wildman–Crippen LogP) is 3.42. The zero-order valence-electron chi connectivity index (χ0n) is 11.7. The topological polar surface area (TPSA) is 29.1 Å². The fourth-order valence-corrected chi connectivity index (χ4v) is 2.00. The Morgan fingerprint density at radius 3 is 2.25 bits per heavy atom. The SMILES string of the molecule is CC(C)(C(=O)NCc1ccccc1)c1ccc(F)cc1. The van der Waals surface area contributed by atoms with Gasteiger partial charge in [0.05, 0.1) is 5.41 Å². The van der Waals surface area contributed by atoms with Crippen LogP contribution >= 0.6 is 0 Å². The fraction of sp³-hybridized carbons (Fsp3) is 0.235. The van der Waals surface area contributed by atoms with Gasteiger partial charge < -0.3 is 5.32 Å². The molecule has 2 nitrogen and oxygen atoms in total. The Labute approximate surface area is 118 Å². The molecule has 2 rings (SSSR count). The van der Waals surface area contributed by atoms with E-state index in [4.69, 9.17) is 0 Å². The van der Waals surface area contributed by atoms with Gasteiger partial charge in [-0.25, -0.2) is 4.39 Å². The van der Waals surface area contributed by atoms with Crippen LogP contribution in [0.25, 0.3) is 0 Å². The molecule has 0 saturated carbocycles. The van der Waals surface area contributed by atoms with Crippen LogP contribution in [0.5, 0.6) is 0 Å². The molecule has 0 aliphatic heterocycles. The standard InChI is InChI=1S/C17H18FNO/c1-17(2,14-8-10-15(18)11-9-14)16(20)19-12-13-6-4-3-5-7-13/h3-11H,12H2,1-2H3,(H,19,20). The second-order valence-corrected chi connectivity index (χ2v) is 5.30. The lowest BCUT2D eigenvalue weighted by Crippen LogP contribution is -2.39. The monoisotopic (exact) mass is 271 g/mol. The molecule has 0 atom stereocenters. The van der Waals surface area contributed by atoms with Gasteiger partial charge in [-0.1, -0.05) is 42.5 Å². The Morgan fingerprint density at radius 2 is 1.65 bits per heavy atom. The molecule has 0 spiro atoms. The molecular formula is C17H18FNO. The Balaban J connectivity index is 2.05. The number of nitrogens with one attached hydrogen (secondary N) is 1. The van der Waals surface area contributed by atoms with Gasteiger partial charge in [-0.3, -0.25) is 4.79 Å². The van der Waals surface area contributed by atoms with Crippen molar-refractivity contribution in [1.82, 2.24) is 5.32 Å². The van der Waals surface area contributed by atoms with E-state index in [9.17, 15) is 9.18 Å². The number of halogens is 1. The van der Waals surface area contributed by atoms with Crippen LogP contribution in [0.4, 0.5) is 4.39 Å². The van der Waals surface area contributed by atoms with E-state index in [1.165, 1.54) is 12.1 Å². The van der Waals surface area contributed by atoms with Crippen LogP contribution in [0.15, 0.2) is 54.6 Å². The molecule has 0 heterocycles. The van der Waals surface area contributed by atoms with E-state index in [-0.39, 0.29) is 11.7 Å². The molecule has 0 unspecified atom stereocenters. The maximum absolute atomic E-state index is 12.9. The van der Waals surface area contributed by atoms with E-state index in [1.807, 2.05) is 44.2 Å². The minimum Gasteiger partial charge on any atom is -0.351 e. The summed E-state index contributed by atoms with van der Waals surface area (Å²) in [7, 11) is 0. The van der Waals surface area contributed by atoms with E-state index in [0.717, 1.165) is 11.1 Å². The number of amides is 1. The molecule has 0 aliphatic carbocycles. The molecule has 0 bridgehead atoms. The summed E-state index contributed by atoms with van der Waals surface area (Å²) in [6.07, 6.45) is 0. The van der Waals surface area contributed by atoms with Crippen LogP contribution in [-0.4, -0.2) is 5.91 Å². The van der Waals surface area contributed by atoms with Crippen molar-refractivity contribution in [3.8, 4) is 0 Å². The first-order valence-electron chi connectivity index (χ1n) is 6.58. The molecule has 0 radical (unpaired) electrons. The lowest BCUT2D eigenvalue weighted by molar-refractivity contribution is -0.125. The molecule has 1 amide bonds. The van der Waals surface area contributed by atoms with Crippen LogP contribution in [0, 0.1) is 5.82 Å². The molecule has 0 fully saturated rings. The Bertz CT molecular complexity index is 576. The van der Waals surface area contributed by atoms with E-state index < -0.39 is 5.41 Å². The second-order valence-electron chi connectivity index (χ2n) is 5.30. The van der Waals surface area contributed by atoms with Crippen molar-refractivity contribution in [3.63, 3.8) is 0 Å². The highest BCUT2D eigenvalue weighted by Gasteiger charge is 2.29. The summed E-state index contributed by atoms with van der Waals surface area (Å²) < 4.78 is 12.9. The van der Waals surface area contributed by atoms with Crippen LogP contribution in [0.1, 0.15) is 25.0 Å². The Kier molecular flexibility index (Phi) is 4.18. The first kappa shape index (κ1) is 14.3. The van der Waals surface area contributed by atoms with Crippen molar-refractivity contribution in [2.45, 2.75) is 25.8 Å². The highest BCUT2D eigenvalue weighted by Crippen LogP contribution is 2.23. The van der Waals surface area contributed by atoms with Gasteiger partial charge in [0.1, 0.15) is 5.82 Å². The quantitative estimate of drug-likeness (QED) is 0.907. The van der Waals surface area contributed by atoms with Crippen LogP contribution < -0.4 is 5.32 Å². The lowest BCUT2D eigenvalue weighted by atomic mass is 9.83. The van der Waals surface area contributed by atoms with E-state index in [0.29, 0.717) is 6.54 Å². The largest absolute Gasteiger partial charge is 0.351 e. The maximum Gasteiger partial charge on any atom is 0.230 e. The predicted molar refractivity (Wildman–Crippen MR) is 77.7 cm³/mol. The molecule has 20 heavy (non-hydrogen) atoms. The Hall–Kier alpha value is -2.16. The summed E-state index contributed by atoms with van der Waals surface area (Å²) in [5.41, 5.74) is 1.16. The van der Waals surface area contributed by atoms with Gasteiger partial charge in [0.15, 0.2) is 0 Å². The molecule has 2 aromatic carbocycles. The van der Waals surface area contributed by atoms with Crippen molar-refractivity contribution in [3.05, 3.63) is 71.5 Å². The van der Waals surface area contributed by atoms with Gasteiger partial charge in [0, 0.05) is 6.54 Å². The van der Waals surface area contributed by atoms with E-state index >= 15 is 0 Å². The normalized spacial score (nSPS) is 11.2. The molecule has 0 aliphatic rings. The van der Waals surface area contributed by atoms with E-state index in [1.54, 1.807) is 12.1 Å². The second kappa shape index (κ2) is 5.87. The number of carbonyl (C=O) groups is 1. The first-order valence-corrected chi connectivity index (χ1v) is 6.58. The van der Waals surface area contributed by atoms with Gasteiger partial charge in [-0.05, 0) is 37.1 Å². The average molecular weight is 271 g/mol. The summed E-state index contributed by atoms with van der Waals surface area (Å²) in [4.78, 5) is 12.3. The summed E-state index contributed by atoms with van der Waals surface area (Å²) in [6, 6.07) is 15.8. The third kappa shape index (κ3) is 3.23. The minimum absolute atomic E-state index is 0.0760. The van der Waals surface area contributed by atoms with Crippen molar-refractivity contribution >= 4 is 5.91 Å². The van der Waals surface area contributed by atoms with Crippen molar-refractivity contribution in [1.29, 1.82) is 0 Å². The number of carbonyl (C=O) groups excluding carboxylic acids is 1. The third-order valence-electron chi connectivity index (χ3n) is 3.43. The zero-order valence-corrected chi connectivity index (χ0v) is 11.7. The fourth-order valence-electron chi connectivity index (χ4n) is 2.00. The van der Waals surface area contributed by atoms with Gasteiger partial charge >= 0.3 is 0 Å². The Morgan fingerprint density at radius 1 is 1.05 bits per heavy atom. The summed E-state index contributed by atoms with van der Waals surface area (Å²) >= 11 is 0. The molecule has 104 valence electrons. The van der Waals surface area contributed by atoms with Crippen molar-refractivity contribution in [2.24, 2.45) is 0 Å². The third-order valence-corrected chi connectivity index (χ3v) is 3.43. The highest BCUT2D eigenvalue weighted by molar-refractivity contribution is 5.87. The molecule has 0 aromatic heterocycles. The van der Waals surface area contributed by atoms with Gasteiger partial charge in [-0.2, -0.15) is 0 Å². The first-order chi connectivity index (χ1) is 9.50. The molecular weight excluding hydrogens is 253 g/mol. The molecule has 1 N–H and O–H groups in total. The summed E-state index contributed by atoms with van der Waals surface area (Å²) in [6.45, 7) is 4.16. The average Bonchev–Trinajstić information content (AvgIpc) is 2.46. The molecule has 3 heteroatoms. The molecule has 0 saturated heterocycles. The minimum atomic E-state index is -0.692. The zero-order chi connectivity index (χ0) is 14.6. The van der Waals surface area contributed by atoms with Crippen LogP contribution in [0.2, 0.25) is 0 Å². The smallest absolute Gasteiger partial charge is 0.230 e. The number of hydrogen-bond donors (Lipinski definition) is 1.